The molecule has 2 nitrogen and oxygen atoms in total. The van der Waals surface area contributed by atoms with Crippen LogP contribution in [0.1, 0.15) is 27.2 Å². The summed E-state index contributed by atoms with van der Waals surface area (Å²) in [5.74, 6) is -0.0787. The lowest BCUT2D eigenvalue weighted by atomic mass is 9.93. The second kappa shape index (κ2) is 5.33. The highest BCUT2D eigenvalue weighted by molar-refractivity contribution is 5.06. The van der Waals surface area contributed by atoms with E-state index in [1.165, 1.54) is 0 Å². The van der Waals surface area contributed by atoms with Gasteiger partial charge in [0.15, 0.2) is 0 Å². The fourth-order valence-electron chi connectivity index (χ4n) is 1.26. The molecule has 0 aromatic rings. The van der Waals surface area contributed by atoms with Gasteiger partial charge in [-0.25, -0.2) is 0 Å². The first-order chi connectivity index (χ1) is 5.17. The number of rotatable bonds is 4. The second-order valence-electron chi connectivity index (χ2n) is 2.75. The van der Waals surface area contributed by atoms with Crippen LogP contribution in [0.4, 0.5) is 0 Å². The molecular weight excluding hydrogens is 140 g/mol. The molecule has 0 spiro atoms. The van der Waals surface area contributed by atoms with Crippen molar-refractivity contribution < 1.29 is 10.2 Å². The Hall–Kier alpha value is -0.340. The minimum Gasteiger partial charge on any atom is -0.396 e. The predicted molar refractivity (Wildman–Crippen MR) is 46.3 cm³/mol. The van der Waals surface area contributed by atoms with Crippen LogP contribution in [0.3, 0.4) is 0 Å². The van der Waals surface area contributed by atoms with Crippen LogP contribution in [0.25, 0.3) is 0 Å². The first kappa shape index (κ1) is 10.7. The predicted octanol–water partition coefficient (Wildman–Crippen LogP) is 1.33. The monoisotopic (exact) mass is 158 g/mol. The zero-order valence-electron chi connectivity index (χ0n) is 7.54. The van der Waals surface area contributed by atoms with E-state index in [4.69, 9.17) is 5.11 Å². The van der Waals surface area contributed by atoms with Crippen LogP contribution < -0.4 is 0 Å². The fraction of sp³-hybridized carbons (Fsp3) is 0.778. The maximum absolute atomic E-state index is 9.24. The first-order valence-electron chi connectivity index (χ1n) is 4.11. The molecule has 0 radical (unpaired) electrons. The smallest absolute Gasteiger partial charge is 0.0599 e. The molecule has 0 saturated heterocycles. The van der Waals surface area contributed by atoms with Crippen LogP contribution >= 0.6 is 0 Å². The van der Waals surface area contributed by atoms with Crippen molar-refractivity contribution in [2.24, 2.45) is 5.92 Å². The molecule has 2 heteroatoms. The third kappa shape index (κ3) is 3.04. The van der Waals surface area contributed by atoms with Gasteiger partial charge in [-0.1, -0.05) is 18.6 Å². The fourth-order valence-corrected chi connectivity index (χ4v) is 1.26. The normalized spacial score (nSPS) is 18.1. The van der Waals surface area contributed by atoms with Crippen molar-refractivity contribution in [2.45, 2.75) is 33.3 Å². The summed E-state index contributed by atoms with van der Waals surface area (Å²) in [6.45, 7) is 5.70. The minimum atomic E-state index is -0.453. The maximum Gasteiger partial charge on any atom is 0.0599 e. The average molecular weight is 158 g/mol. The summed E-state index contributed by atoms with van der Waals surface area (Å²) in [6.07, 6.45) is 2.41. The van der Waals surface area contributed by atoms with Crippen LogP contribution in [0, 0.1) is 5.92 Å². The summed E-state index contributed by atoms with van der Waals surface area (Å²) in [4.78, 5) is 0. The molecule has 0 fully saturated rings. The van der Waals surface area contributed by atoms with Gasteiger partial charge in [-0.2, -0.15) is 0 Å². The van der Waals surface area contributed by atoms with E-state index in [0.717, 1.165) is 12.0 Å². The van der Waals surface area contributed by atoms with Crippen LogP contribution in [-0.2, 0) is 0 Å². The number of hydrogen-bond donors (Lipinski definition) is 2. The molecule has 0 aromatic heterocycles. The number of aliphatic hydroxyl groups excluding tert-OH is 2. The Labute approximate surface area is 68.6 Å². The minimum absolute atomic E-state index is 0.0329. The topological polar surface area (TPSA) is 40.5 Å². The molecule has 0 saturated carbocycles. The van der Waals surface area contributed by atoms with Gasteiger partial charge in [0, 0.05) is 5.92 Å². The third-order valence-corrected chi connectivity index (χ3v) is 2.03. The Balaban J connectivity index is 4.22. The molecule has 0 aromatic carbocycles. The van der Waals surface area contributed by atoms with E-state index in [1.807, 2.05) is 19.9 Å². The van der Waals surface area contributed by atoms with E-state index in [1.54, 1.807) is 6.92 Å². The molecule has 0 aliphatic carbocycles. The zero-order valence-corrected chi connectivity index (χ0v) is 7.54. The summed E-state index contributed by atoms with van der Waals surface area (Å²) < 4.78 is 0. The standard InChI is InChI=1S/C9H18O2/c1-4-8(5-2)9(6-10)7(3)11/h4,7,9-11H,5-6H2,1-3H3/b8-4-. The summed E-state index contributed by atoms with van der Waals surface area (Å²) in [7, 11) is 0. The van der Waals surface area contributed by atoms with Crippen molar-refractivity contribution in [3.05, 3.63) is 11.6 Å². The van der Waals surface area contributed by atoms with Gasteiger partial charge in [0.1, 0.15) is 0 Å². The Morgan fingerprint density at radius 1 is 1.55 bits per heavy atom. The van der Waals surface area contributed by atoms with Gasteiger partial charge >= 0.3 is 0 Å². The van der Waals surface area contributed by atoms with Gasteiger partial charge in [-0.3, -0.25) is 0 Å². The van der Waals surface area contributed by atoms with Crippen LogP contribution in [0.15, 0.2) is 11.6 Å². The number of allylic oxidation sites excluding steroid dienone is 1. The van der Waals surface area contributed by atoms with Crippen molar-refractivity contribution in [2.75, 3.05) is 6.61 Å². The largest absolute Gasteiger partial charge is 0.396 e. The lowest BCUT2D eigenvalue weighted by Crippen LogP contribution is -2.22. The Morgan fingerprint density at radius 2 is 2.09 bits per heavy atom. The summed E-state index contributed by atoms with van der Waals surface area (Å²) in [6, 6.07) is 0. The molecule has 2 unspecified atom stereocenters. The molecule has 0 aliphatic heterocycles. The molecule has 0 aliphatic rings. The van der Waals surface area contributed by atoms with Gasteiger partial charge in [-0.15, -0.1) is 0 Å². The lowest BCUT2D eigenvalue weighted by molar-refractivity contribution is 0.0987. The Morgan fingerprint density at radius 3 is 2.18 bits per heavy atom. The second-order valence-corrected chi connectivity index (χ2v) is 2.75. The van der Waals surface area contributed by atoms with Gasteiger partial charge < -0.3 is 10.2 Å². The molecule has 0 heterocycles. The molecule has 0 rings (SSSR count). The Kier molecular flexibility index (Phi) is 5.16. The highest BCUT2D eigenvalue weighted by Crippen LogP contribution is 2.17. The number of aliphatic hydroxyl groups is 2. The molecule has 2 atom stereocenters. The molecule has 2 N–H and O–H groups in total. The highest BCUT2D eigenvalue weighted by atomic mass is 16.3. The van der Waals surface area contributed by atoms with E-state index in [2.05, 4.69) is 0 Å². The lowest BCUT2D eigenvalue weighted by Gasteiger charge is -2.19. The van der Waals surface area contributed by atoms with Crippen molar-refractivity contribution in [1.82, 2.24) is 0 Å². The number of hydrogen-bond acceptors (Lipinski definition) is 2. The first-order valence-corrected chi connectivity index (χ1v) is 4.11. The molecular formula is C9H18O2. The van der Waals surface area contributed by atoms with Gasteiger partial charge in [0.05, 0.1) is 12.7 Å². The molecule has 66 valence electrons. The van der Waals surface area contributed by atoms with E-state index in [-0.39, 0.29) is 12.5 Å². The quantitative estimate of drug-likeness (QED) is 0.606. The summed E-state index contributed by atoms with van der Waals surface area (Å²) in [5, 5.41) is 18.2. The van der Waals surface area contributed by atoms with Crippen molar-refractivity contribution in [1.29, 1.82) is 0 Å². The van der Waals surface area contributed by atoms with Crippen molar-refractivity contribution in [3.8, 4) is 0 Å². The summed E-state index contributed by atoms with van der Waals surface area (Å²) in [5.41, 5.74) is 1.13. The van der Waals surface area contributed by atoms with E-state index in [9.17, 15) is 5.11 Å². The van der Waals surface area contributed by atoms with E-state index >= 15 is 0 Å². The van der Waals surface area contributed by atoms with Crippen molar-refractivity contribution in [3.63, 3.8) is 0 Å². The average Bonchev–Trinajstić information content (AvgIpc) is 1.99. The third-order valence-electron chi connectivity index (χ3n) is 2.03. The van der Waals surface area contributed by atoms with Gasteiger partial charge in [-0.05, 0) is 20.3 Å². The van der Waals surface area contributed by atoms with Gasteiger partial charge in [0.25, 0.3) is 0 Å². The zero-order chi connectivity index (χ0) is 8.85. The SMILES string of the molecule is C/C=C(/CC)C(CO)C(C)O. The maximum atomic E-state index is 9.24. The van der Waals surface area contributed by atoms with Crippen LogP contribution in [-0.4, -0.2) is 22.9 Å². The molecule has 11 heavy (non-hydrogen) atoms. The van der Waals surface area contributed by atoms with Gasteiger partial charge in [0.2, 0.25) is 0 Å². The van der Waals surface area contributed by atoms with Crippen LogP contribution in [0.5, 0.6) is 0 Å². The van der Waals surface area contributed by atoms with Crippen molar-refractivity contribution >= 4 is 0 Å². The highest BCUT2D eigenvalue weighted by Gasteiger charge is 2.16. The Bertz CT molecular complexity index is 128. The van der Waals surface area contributed by atoms with E-state index in [0.29, 0.717) is 0 Å². The van der Waals surface area contributed by atoms with E-state index < -0.39 is 6.10 Å². The molecule has 0 amide bonds. The van der Waals surface area contributed by atoms with Crippen LogP contribution in [0.2, 0.25) is 0 Å². The summed E-state index contributed by atoms with van der Waals surface area (Å²) >= 11 is 0. The molecule has 0 bridgehead atoms.